The maximum absolute atomic E-state index is 13.3. The number of rotatable bonds is 4. The SMILES string of the molecule is Nc1ccc(F)cc1-c1ccc(OCc2ccccc2)cc1. The van der Waals surface area contributed by atoms with E-state index in [9.17, 15) is 4.39 Å². The van der Waals surface area contributed by atoms with Crippen LogP contribution in [-0.4, -0.2) is 0 Å². The summed E-state index contributed by atoms with van der Waals surface area (Å²) in [5.74, 6) is 0.469. The summed E-state index contributed by atoms with van der Waals surface area (Å²) in [5, 5.41) is 0. The van der Waals surface area contributed by atoms with Crippen LogP contribution in [0.4, 0.5) is 10.1 Å². The molecule has 3 heteroatoms. The lowest BCUT2D eigenvalue weighted by Gasteiger charge is -2.09. The molecule has 0 radical (unpaired) electrons. The van der Waals surface area contributed by atoms with Gasteiger partial charge < -0.3 is 10.5 Å². The van der Waals surface area contributed by atoms with Gasteiger partial charge in [-0.25, -0.2) is 4.39 Å². The highest BCUT2D eigenvalue weighted by Gasteiger charge is 2.05. The number of halogens is 1. The van der Waals surface area contributed by atoms with Crippen molar-refractivity contribution in [1.82, 2.24) is 0 Å². The van der Waals surface area contributed by atoms with Crippen LogP contribution in [0.1, 0.15) is 5.56 Å². The third kappa shape index (κ3) is 3.26. The topological polar surface area (TPSA) is 35.2 Å². The van der Waals surface area contributed by atoms with Crippen molar-refractivity contribution in [1.29, 1.82) is 0 Å². The summed E-state index contributed by atoms with van der Waals surface area (Å²) in [6, 6.07) is 21.8. The van der Waals surface area contributed by atoms with Gasteiger partial charge in [-0.2, -0.15) is 0 Å². The number of hydrogen-bond donors (Lipinski definition) is 1. The van der Waals surface area contributed by atoms with Crippen LogP contribution < -0.4 is 10.5 Å². The minimum atomic E-state index is -0.298. The predicted octanol–water partition coefficient (Wildman–Crippen LogP) is 4.65. The summed E-state index contributed by atoms with van der Waals surface area (Å²) in [4.78, 5) is 0. The molecule has 3 aromatic rings. The second-order valence-corrected chi connectivity index (χ2v) is 5.03. The zero-order chi connectivity index (χ0) is 15.4. The van der Waals surface area contributed by atoms with E-state index in [1.165, 1.54) is 12.1 Å². The average Bonchev–Trinajstić information content (AvgIpc) is 2.57. The molecule has 0 bridgehead atoms. The van der Waals surface area contributed by atoms with Gasteiger partial charge in [0.25, 0.3) is 0 Å². The second-order valence-electron chi connectivity index (χ2n) is 5.03. The van der Waals surface area contributed by atoms with Gasteiger partial charge in [0.2, 0.25) is 0 Å². The summed E-state index contributed by atoms with van der Waals surface area (Å²) in [7, 11) is 0. The van der Waals surface area contributed by atoms with Gasteiger partial charge in [0.05, 0.1) is 0 Å². The van der Waals surface area contributed by atoms with Crippen LogP contribution in [0.3, 0.4) is 0 Å². The van der Waals surface area contributed by atoms with Crippen LogP contribution in [0, 0.1) is 5.82 Å². The normalized spacial score (nSPS) is 10.4. The van der Waals surface area contributed by atoms with E-state index in [4.69, 9.17) is 10.5 Å². The Bertz CT molecular complexity index is 754. The molecule has 0 unspecified atom stereocenters. The van der Waals surface area contributed by atoms with Crippen molar-refractivity contribution in [2.24, 2.45) is 0 Å². The van der Waals surface area contributed by atoms with Crippen molar-refractivity contribution in [3.63, 3.8) is 0 Å². The Kier molecular flexibility index (Phi) is 4.05. The highest BCUT2D eigenvalue weighted by Crippen LogP contribution is 2.28. The highest BCUT2D eigenvalue weighted by molar-refractivity contribution is 5.76. The summed E-state index contributed by atoms with van der Waals surface area (Å²) >= 11 is 0. The number of anilines is 1. The lowest BCUT2D eigenvalue weighted by atomic mass is 10.0. The molecule has 0 saturated carbocycles. The van der Waals surface area contributed by atoms with Gasteiger partial charge in [0.1, 0.15) is 18.2 Å². The minimum Gasteiger partial charge on any atom is -0.489 e. The molecule has 0 fully saturated rings. The maximum Gasteiger partial charge on any atom is 0.123 e. The lowest BCUT2D eigenvalue weighted by molar-refractivity contribution is 0.306. The summed E-state index contributed by atoms with van der Waals surface area (Å²) in [6.07, 6.45) is 0. The standard InChI is InChI=1S/C19H16FNO/c20-16-8-11-19(21)18(12-16)15-6-9-17(10-7-15)22-13-14-4-2-1-3-5-14/h1-12H,13,21H2. The third-order valence-corrected chi connectivity index (χ3v) is 3.43. The average molecular weight is 293 g/mol. The largest absolute Gasteiger partial charge is 0.489 e. The van der Waals surface area contributed by atoms with Crippen molar-refractivity contribution in [3.8, 4) is 16.9 Å². The van der Waals surface area contributed by atoms with Crippen LogP contribution in [0.25, 0.3) is 11.1 Å². The molecule has 3 aromatic carbocycles. The lowest BCUT2D eigenvalue weighted by Crippen LogP contribution is -1.95. The Labute approximate surface area is 129 Å². The molecule has 0 aliphatic rings. The Morgan fingerprint density at radius 1 is 0.864 bits per heavy atom. The summed E-state index contributed by atoms with van der Waals surface area (Å²) < 4.78 is 19.1. The van der Waals surface area contributed by atoms with E-state index >= 15 is 0 Å². The smallest absolute Gasteiger partial charge is 0.123 e. The molecule has 0 spiro atoms. The Hall–Kier alpha value is -2.81. The molecular weight excluding hydrogens is 277 g/mol. The molecule has 0 aromatic heterocycles. The van der Waals surface area contributed by atoms with E-state index in [1.807, 2.05) is 54.6 Å². The molecule has 0 aliphatic heterocycles. The van der Waals surface area contributed by atoms with Gasteiger partial charge in [0.15, 0.2) is 0 Å². The van der Waals surface area contributed by atoms with E-state index < -0.39 is 0 Å². The second kappa shape index (κ2) is 6.31. The van der Waals surface area contributed by atoms with Crippen molar-refractivity contribution in [2.45, 2.75) is 6.61 Å². The van der Waals surface area contributed by atoms with Crippen LogP contribution in [0.2, 0.25) is 0 Å². The van der Waals surface area contributed by atoms with Gasteiger partial charge >= 0.3 is 0 Å². The van der Waals surface area contributed by atoms with E-state index in [0.717, 1.165) is 16.9 Å². The monoisotopic (exact) mass is 293 g/mol. The third-order valence-electron chi connectivity index (χ3n) is 3.43. The van der Waals surface area contributed by atoms with E-state index in [2.05, 4.69) is 0 Å². The van der Waals surface area contributed by atoms with Crippen molar-refractivity contribution >= 4 is 5.69 Å². The molecule has 2 N–H and O–H groups in total. The highest BCUT2D eigenvalue weighted by atomic mass is 19.1. The number of ether oxygens (including phenoxy) is 1. The first-order valence-electron chi connectivity index (χ1n) is 7.04. The zero-order valence-corrected chi connectivity index (χ0v) is 12.0. The Morgan fingerprint density at radius 3 is 2.32 bits per heavy atom. The van der Waals surface area contributed by atoms with Gasteiger partial charge in [-0.3, -0.25) is 0 Å². The van der Waals surface area contributed by atoms with Crippen LogP contribution in [-0.2, 0) is 6.61 Å². The fourth-order valence-electron chi connectivity index (χ4n) is 2.25. The molecule has 3 rings (SSSR count). The molecule has 110 valence electrons. The van der Waals surface area contributed by atoms with Crippen LogP contribution >= 0.6 is 0 Å². The molecule has 0 amide bonds. The van der Waals surface area contributed by atoms with E-state index in [0.29, 0.717) is 17.9 Å². The number of nitrogens with two attached hydrogens (primary N) is 1. The molecule has 0 atom stereocenters. The molecule has 2 nitrogen and oxygen atoms in total. The van der Waals surface area contributed by atoms with Crippen LogP contribution in [0.15, 0.2) is 72.8 Å². The number of nitrogen functional groups attached to an aromatic ring is 1. The molecule has 22 heavy (non-hydrogen) atoms. The van der Waals surface area contributed by atoms with Crippen molar-refractivity contribution in [3.05, 3.63) is 84.2 Å². The van der Waals surface area contributed by atoms with Crippen molar-refractivity contribution in [2.75, 3.05) is 5.73 Å². The zero-order valence-electron chi connectivity index (χ0n) is 12.0. The number of hydrogen-bond acceptors (Lipinski definition) is 2. The predicted molar refractivity (Wildman–Crippen MR) is 87.0 cm³/mol. The first-order valence-corrected chi connectivity index (χ1v) is 7.04. The first-order chi connectivity index (χ1) is 10.7. The summed E-state index contributed by atoms with van der Waals surface area (Å²) in [5.41, 5.74) is 9.12. The van der Waals surface area contributed by atoms with Crippen LogP contribution in [0.5, 0.6) is 5.75 Å². The van der Waals surface area contributed by atoms with Gasteiger partial charge in [-0.15, -0.1) is 0 Å². The fourth-order valence-corrected chi connectivity index (χ4v) is 2.25. The molecular formula is C19H16FNO. The van der Waals surface area contributed by atoms with E-state index in [-0.39, 0.29) is 5.82 Å². The minimum absolute atomic E-state index is 0.298. The first kappa shape index (κ1) is 14.1. The maximum atomic E-state index is 13.3. The van der Waals surface area contributed by atoms with E-state index in [1.54, 1.807) is 6.07 Å². The molecule has 0 saturated heterocycles. The summed E-state index contributed by atoms with van der Waals surface area (Å²) in [6.45, 7) is 0.516. The van der Waals surface area contributed by atoms with Gasteiger partial charge in [-0.1, -0.05) is 42.5 Å². The fraction of sp³-hybridized carbons (Fsp3) is 0.0526. The quantitative estimate of drug-likeness (QED) is 0.710. The Morgan fingerprint density at radius 2 is 1.59 bits per heavy atom. The van der Waals surface area contributed by atoms with Gasteiger partial charge in [-0.05, 0) is 41.5 Å². The molecule has 0 aliphatic carbocycles. The molecule has 0 heterocycles. The van der Waals surface area contributed by atoms with Crippen molar-refractivity contribution < 1.29 is 9.13 Å². The number of benzene rings is 3. The Balaban J connectivity index is 1.74. The van der Waals surface area contributed by atoms with Gasteiger partial charge in [0, 0.05) is 11.3 Å².